The summed E-state index contributed by atoms with van der Waals surface area (Å²) in [6.07, 6.45) is 1.94. The molecule has 0 radical (unpaired) electrons. The molecular formula is C22H27FN2O5S. The van der Waals surface area contributed by atoms with Gasteiger partial charge in [0.2, 0.25) is 10.0 Å². The lowest BCUT2D eigenvalue weighted by molar-refractivity contribution is 0.0697. The van der Waals surface area contributed by atoms with Crippen molar-refractivity contribution in [3.8, 4) is 11.5 Å². The molecule has 9 heteroatoms. The van der Waals surface area contributed by atoms with Gasteiger partial charge in [0.1, 0.15) is 5.82 Å². The van der Waals surface area contributed by atoms with Crippen LogP contribution in [0.25, 0.3) is 0 Å². The second kappa shape index (κ2) is 10.1. The zero-order valence-corrected chi connectivity index (χ0v) is 18.5. The molecule has 1 fully saturated rings. The Bertz CT molecular complexity index is 1000. The standard InChI is InChI=1S/C22H27FN2O5S/c1-3-4-15-30-20-10-5-17(16-21(20)29-2)22(26)24-11-13-25(14-12-24)31(27,28)19-8-6-18(23)7-9-19/h5-10,16H,3-4,11-15H2,1-2H3. The van der Waals surface area contributed by atoms with Gasteiger partial charge >= 0.3 is 0 Å². The average Bonchev–Trinajstić information content (AvgIpc) is 2.79. The molecule has 31 heavy (non-hydrogen) atoms. The zero-order valence-electron chi connectivity index (χ0n) is 17.7. The van der Waals surface area contributed by atoms with Crippen molar-refractivity contribution in [3.63, 3.8) is 0 Å². The first-order valence-electron chi connectivity index (χ1n) is 10.2. The third kappa shape index (κ3) is 5.34. The van der Waals surface area contributed by atoms with Crippen LogP contribution >= 0.6 is 0 Å². The van der Waals surface area contributed by atoms with Crippen molar-refractivity contribution in [2.75, 3.05) is 39.9 Å². The third-order valence-electron chi connectivity index (χ3n) is 5.14. The van der Waals surface area contributed by atoms with Crippen LogP contribution in [0.3, 0.4) is 0 Å². The van der Waals surface area contributed by atoms with Crippen molar-refractivity contribution in [2.24, 2.45) is 0 Å². The summed E-state index contributed by atoms with van der Waals surface area (Å²) in [6.45, 7) is 3.51. The summed E-state index contributed by atoms with van der Waals surface area (Å²) in [5.74, 6) is 0.381. The molecule has 0 bridgehead atoms. The molecule has 0 N–H and O–H groups in total. The van der Waals surface area contributed by atoms with Gasteiger partial charge in [-0.2, -0.15) is 4.31 Å². The number of hydrogen-bond acceptors (Lipinski definition) is 5. The van der Waals surface area contributed by atoms with E-state index in [4.69, 9.17) is 9.47 Å². The van der Waals surface area contributed by atoms with Gasteiger partial charge in [0, 0.05) is 31.7 Å². The maximum Gasteiger partial charge on any atom is 0.254 e. The number of piperazine rings is 1. The molecule has 0 aromatic heterocycles. The van der Waals surface area contributed by atoms with Gasteiger partial charge in [0.25, 0.3) is 5.91 Å². The summed E-state index contributed by atoms with van der Waals surface area (Å²) in [7, 11) is -2.20. The maximum atomic E-state index is 13.1. The van der Waals surface area contributed by atoms with Gasteiger partial charge in [-0.25, -0.2) is 12.8 Å². The molecule has 2 aromatic carbocycles. The van der Waals surface area contributed by atoms with E-state index in [1.54, 1.807) is 23.1 Å². The van der Waals surface area contributed by atoms with E-state index in [2.05, 4.69) is 6.92 Å². The smallest absolute Gasteiger partial charge is 0.254 e. The molecule has 0 unspecified atom stereocenters. The minimum atomic E-state index is -3.73. The number of hydrogen-bond donors (Lipinski definition) is 0. The topological polar surface area (TPSA) is 76.2 Å². The number of halogens is 1. The molecule has 2 aromatic rings. The lowest BCUT2D eigenvalue weighted by Gasteiger charge is -2.34. The van der Waals surface area contributed by atoms with Crippen molar-refractivity contribution in [1.29, 1.82) is 0 Å². The highest BCUT2D eigenvalue weighted by Crippen LogP contribution is 2.29. The number of carbonyl (C=O) groups is 1. The molecule has 1 aliphatic rings. The Hall–Kier alpha value is -2.65. The van der Waals surface area contributed by atoms with Gasteiger partial charge in [-0.1, -0.05) is 13.3 Å². The van der Waals surface area contributed by atoms with Crippen molar-refractivity contribution < 1.29 is 27.1 Å². The molecule has 1 aliphatic heterocycles. The highest BCUT2D eigenvalue weighted by atomic mass is 32.2. The van der Waals surface area contributed by atoms with E-state index >= 15 is 0 Å². The van der Waals surface area contributed by atoms with Crippen molar-refractivity contribution in [1.82, 2.24) is 9.21 Å². The number of ether oxygens (including phenoxy) is 2. The predicted molar refractivity (Wildman–Crippen MR) is 114 cm³/mol. The van der Waals surface area contributed by atoms with Crippen molar-refractivity contribution >= 4 is 15.9 Å². The van der Waals surface area contributed by atoms with Gasteiger partial charge in [0.15, 0.2) is 11.5 Å². The van der Waals surface area contributed by atoms with Crippen LogP contribution in [0, 0.1) is 5.82 Å². The maximum absolute atomic E-state index is 13.1. The first kappa shape index (κ1) is 23.0. The number of methoxy groups -OCH3 is 1. The van der Waals surface area contributed by atoms with Crippen LogP contribution in [-0.4, -0.2) is 63.4 Å². The van der Waals surface area contributed by atoms with Gasteiger partial charge in [-0.15, -0.1) is 0 Å². The summed E-state index contributed by atoms with van der Waals surface area (Å²) in [5, 5.41) is 0. The molecule has 1 heterocycles. The molecule has 7 nitrogen and oxygen atoms in total. The Labute approximate surface area is 182 Å². The van der Waals surface area contributed by atoms with Crippen LogP contribution in [0.5, 0.6) is 11.5 Å². The molecule has 0 saturated carbocycles. The molecule has 0 aliphatic carbocycles. The molecule has 1 saturated heterocycles. The summed E-state index contributed by atoms with van der Waals surface area (Å²) in [5.41, 5.74) is 0.453. The van der Waals surface area contributed by atoms with Crippen LogP contribution in [0.2, 0.25) is 0 Å². The Morgan fingerprint density at radius 2 is 1.71 bits per heavy atom. The van der Waals surface area contributed by atoms with E-state index < -0.39 is 15.8 Å². The monoisotopic (exact) mass is 450 g/mol. The van der Waals surface area contributed by atoms with Crippen molar-refractivity contribution in [2.45, 2.75) is 24.7 Å². The van der Waals surface area contributed by atoms with Gasteiger partial charge in [0.05, 0.1) is 18.6 Å². The molecule has 168 valence electrons. The lowest BCUT2D eigenvalue weighted by atomic mass is 10.1. The molecule has 0 atom stereocenters. The van der Waals surface area contributed by atoms with Crippen molar-refractivity contribution in [3.05, 3.63) is 53.8 Å². The Morgan fingerprint density at radius 3 is 2.32 bits per heavy atom. The normalized spacial score (nSPS) is 15.0. The van der Waals surface area contributed by atoms with Crippen LogP contribution in [-0.2, 0) is 10.0 Å². The highest BCUT2D eigenvalue weighted by Gasteiger charge is 2.30. The Kier molecular flexibility index (Phi) is 7.50. The number of sulfonamides is 1. The largest absolute Gasteiger partial charge is 0.493 e. The molecule has 3 rings (SSSR count). The lowest BCUT2D eigenvalue weighted by Crippen LogP contribution is -2.50. The summed E-state index contributed by atoms with van der Waals surface area (Å²) < 4.78 is 51.0. The van der Waals surface area contributed by atoms with E-state index in [1.807, 2.05) is 0 Å². The van der Waals surface area contributed by atoms with E-state index in [-0.39, 0.29) is 37.0 Å². The quantitative estimate of drug-likeness (QED) is 0.578. The summed E-state index contributed by atoms with van der Waals surface area (Å²) in [4.78, 5) is 14.6. The SMILES string of the molecule is CCCCOc1ccc(C(=O)N2CCN(S(=O)(=O)c3ccc(F)cc3)CC2)cc1OC. The van der Waals surface area contributed by atoms with Gasteiger partial charge in [-0.3, -0.25) is 4.79 Å². The van der Waals surface area contributed by atoms with E-state index in [0.717, 1.165) is 25.0 Å². The van der Waals surface area contributed by atoms with Crippen LogP contribution < -0.4 is 9.47 Å². The average molecular weight is 451 g/mol. The third-order valence-corrected chi connectivity index (χ3v) is 7.06. The Morgan fingerprint density at radius 1 is 1.03 bits per heavy atom. The first-order chi connectivity index (χ1) is 14.9. The van der Waals surface area contributed by atoms with Crippen LogP contribution in [0.1, 0.15) is 30.1 Å². The van der Waals surface area contributed by atoms with Crippen LogP contribution in [0.4, 0.5) is 4.39 Å². The fourth-order valence-electron chi connectivity index (χ4n) is 3.32. The number of benzene rings is 2. The first-order valence-corrected chi connectivity index (χ1v) is 11.7. The van der Waals surface area contributed by atoms with Gasteiger partial charge < -0.3 is 14.4 Å². The minimum absolute atomic E-state index is 0.0390. The number of amides is 1. The summed E-state index contributed by atoms with van der Waals surface area (Å²) in [6, 6.07) is 9.79. The Balaban J connectivity index is 1.65. The van der Waals surface area contributed by atoms with E-state index in [1.165, 1.54) is 23.5 Å². The highest BCUT2D eigenvalue weighted by molar-refractivity contribution is 7.89. The fraction of sp³-hybridized carbons (Fsp3) is 0.409. The second-order valence-electron chi connectivity index (χ2n) is 7.22. The van der Waals surface area contributed by atoms with E-state index in [0.29, 0.717) is 23.7 Å². The van der Waals surface area contributed by atoms with Crippen LogP contribution in [0.15, 0.2) is 47.4 Å². The molecule has 0 spiro atoms. The second-order valence-corrected chi connectivity index (χ2v) is 9.16. The fourth-order valence-corrected chi connectivity index (χ4v) is 4.74. The molecule has 1 amide bonds. The summed E-state index contributed by atoms with van der Waals surface area (Å²) >= 11 is 0. The number of nitrogens with zero attached hydrogens (tertiary/aromatic N) is 2. The number of rotatable bonds is 8. The number of unbranched alkanes of at least 4 members (excludes halogenated alkanes) is 1. The minimum Gasteiger partial charge on any atom is -0.493 e. The molecular weight excluding hydrogens is 423 g/mol. The van der Waals surface area contributed by atoms with E-state index in [9.17, 15) is 17.6 Å². The number of carbonyl (C=O) groups excluding carboxylic acids is 1. The zero-order chi connectivity index (χ0) is 22.4. The van der Waals surface area contributed by atoms with Gasteiger partial charge in [-0.05, 0) is 48.9 Å². The predicted octanol–water partition coefficient (Wildman–Crippen LogP) is 3.16.